The molecule has 0 radical (unpaired) electrons. The van der Waals surface area contributed by atoms with E-state index in [0.717, 1.165) is 4.31 Å². The van der Waals surface area contributed by atoms with Gasteiger partial charge in [0.2, 0.25) is 10.0 Å². The van der Waals surface area contributed by atoms with E-state index < -0.39 is 16.1 Å². The zero-order valence-corrected chi connectivity index (χ0v) is 12.0. The number of rotatable bonds is 4. The summed E-state index contributed by atoms with van der Waals surface area (Å²) in [5, 5.41) is 9.30. The first-order chi connectivity index (χ1) is 8.17. The number of benzene rings is 1. The predicted octanol–water partition coefficient (Wildman–Crippen LogP) is 0.887. The Morgan fingerprint density at radius 2 is 1.94 bits per heavy atom. The summed E-state index contributed by atoms with van der Waals surface area (Å²) in [5.41, 5.74) is 7.40. The highest BCUT2D eigenvalue weighted by Gasteiger charge is 2.26. The summed E-state index contributed by atoms with van der Waals surface area (Å²) in [6.07, 6.45) is -0.716. The molecule has 1 unspecified atom stereocenters. The van der Waals surface area contributed by atoms with Crippen LogP contribution in [0.15, 0.2) is 17.0 Å². The first-order valence-corrected chi connectivity index (χ1v) is 7.12. The Hall–Kier alpha value is -1.11. The Morgan fingerprint density at radius 1 is 1.39 bits per heavy atom. The van der Waals surface area contributed by atoms with Crippen molar-refractivity contribution < 1.29 is 13.5 Å². The molecule has 1 atom stereocenters. The van der Waals surface area contributed by atoms with Gasteiger partial charge in [-0.3, -0.25) is 0 Å². The van der Waals surface area contributed by atoms with Gasteiger partial charge in [-0.15, -0.1) is 0 Å². The molecule has 0 aliphatic carbocycles. The maximum absolute atomic E-state index is 12.4. The van der Waals surface area contributed by atoms with E-state index in [1.165, 1.54) is 7.05 Å². The first-order valence-electron chi connectivity index (χ1n) is 5.68. The van der Waals surface area contributed by atoms with Crippen molar-refractivity contribution in [3.05, 3.63) is 23.3 Å². The normalized spacial score (nSPS) is 13.9. The number of likely N-dealkylation sites (N-methyl/N-ethyl adjacent to an activating group) is 1. The summed E-state index contributed by atoms with van der Waals surface area (Å²) in [6, 6.07) is 3.38. The second kappa shape index (κ2) is 5.26. The third-order valence-electron chi connectivity index (χ3n) is 2.83. The van der Waals surface area contributed by atoms with Gasteiger partial charge in [-0.05, 0) is 38.0 Å². The van der Waals surface area contributed by atoms with Gasteiger partial charge in [-0.2, -0.15) is 4.31 Å². The zero-order chi connectivity index (χ0) is 14.1. The van der Waals surface area contributed by atoms with Crippen LogP contribution in [-0.2, 0) is 10.0 Å². The SMILES string of the molecule is Cc1ccc(N)c(C)c1S(=O)(=O)N(C)CC(C)O. The largest absolute Gasteiger partial charge is 0.398 e. The number of aliphatic hydroxyl groups excluding tert-OH is 1. The topological polar surface area (TPSA) is 83.6 Å². The first kappa shape index (κ1) is 14.9. The second-order valence-corrected chi connectivity index (χ2v) is 6.54. The van der Waals surface area contributed by atoms with Crippen LogP contribution in [0, 0.1) is 13.8 Å². The third kappa shape index (κ3) is 2.82. The lowest BCUT2D eigenvalue weighted by Crippen LogP contribution is -2.34. The minimum atomic E-state index is -3.62. The van der Waals surface area contributed by atoms with Gasteiger partial charge in [0, 0.05) is 19.3 Å². The van der Waals surface area contributed by atoms with E-state index >= 15 is 0 Å². The van der Waals surface area contributed by atoms with Crippen molar-refractivity contribution in [1.82, 2.24) is 4.31 Å². The smallest absolute Gasteiger partial charge is 0.243 e. The summed E-state index contributed by atoms with van der Waals surface area (Å²) in [4.78, 5) is 0.227. The molecule has 0 bridgehead atoms. The lowest BCUT2D eigenvalue weighted by atomic mass is 10.1. The van der Waals surface area contributed by atoms with E-state index in [4.69, 9.17) is 5.73 Å². The van der Waals surface area contributed by atoms with Gasteiger partial charge < -0.3 is 10.8 Å². The summed E-state index contributed by atoms with van der Waals surface area (Å²) in [7, 11) is -2.18. The van der Waals surface area contributed by atoms with E-state index in [2.05, 4.69) is 0 Å². The van der Waals surface area contributed by atoms with Crippen LogP contribution in [0.2, 0.25) is 0 Å². The number of nitrogens with zero attached hydrogens (tertiary/aromatic N) is 1. The molecule has 0 spiro atoms. The average molecular weight is 272 g/mol. The number of hydrogen-bond acceptors (Lipinski definition) is 4. The van der Waals surface area contributed by atoms with Crippen LogP contribution in [0.5, 0.6) is 0 Å². The monoisotopic (exact) mass is 272 g/mol. The van der Waals surface area contributed by atoms with Crippen molar-refractivity contribution in [3.63, 3.8) is 0 Å². The molecule has 0 saturated heterocycles. The van der Waals surface area contributed by atoms with Gasteiger partial charge in [-0.25, -0.2) is 8.42 Å². The molecule has 0 aromatic heterocycles. The molecule has 5 nitrogen and oxygen atoms in total. The number of nitrogens with two attached hydrogens (primary N) is 1. The van der Waals surface area contributed by atoms with Crippen LogP contribution < -0.4 is 5.73 Å². The molecule has 0 saturated carbocycles. The van der Waals surface area contributed by atoms with Crippen molar-refractivity contribution >= 4 is 15.7 Å². The molecule has 102 valence electrons. The summed E-state index contributed by atoms with van der Waals surface area (Å²) < 4.78 is 26.0. The number of anilines is 1. The van der Waals surface area contributed by atoms with Gasteiger partial charge in [-0.1, -0.05) is 6.07 Å². The highest BCUT2D eigenvalue weighted by molar-refractivity contribution is 7.89. The Bertz CT molecular complexity index is 538. The fraction of sp³-hybridized carbons (Fsp3) is 0.500. The quantitative estimate of drug-likeness (QED) is 0.797. The minimum absolute atomic E-state index is 0.0516. The van der Waals surface area contributed by atoms with Gasteiger partial charge in [0.05, 0.1) is 11.0 Å². The van der Waals surface area contributed by atoms with Crippen LogP contribution in [0.25, 0.3) is 0 Å². The van der Waals surface area contributed by atoms with Gasteiger partial charge in [0.1, 0.15) is 0 Å². The molecule has 0 fully saturated rings. The molecule has 0 amide bonds. The van der Waals surface area contributed by atoms with Crippen molar-refractivity contribution in [2.75, 3.05) is 19.3 Å². The highest BCUT2D eigenvalue weighted by atomic mass is 32.2. The lowest BCUT2D eigenvalue weighted by Gasteiger charge is -2.21. The molecule has 0 aliphatic rings. The summed E-state index contributed by atoms with van der Waals surface area (Å²) in [5.74, 6) is 0. The predicted molar refractivity (Wildman–Crippen MR) is 71.8 cm³/mol. The number of sulfonamides is 1. The molecule has 0 heterocycles. The van der Waals surface area contributed by atoms with Crippen LogP contribution in [0.1, 0.15) is 18.1 Å². The van der Waals surface area contributed by atoms with Crippen LogP contribution >= 0.6 is 0 Å². The molecule has 1 rings (SSSR count). The third-order valence-corrected chi connectivity index (χ3v) is 4.95. The number of aryl methyl sites for hydroxylation is 1. The molecular weight excluding hydrogens is 252 g/mol. The minimum Gasteiger partial charge on any atom is -0.398 e. The maximum atomic E-state index is 12.4. The van der Waals surface area contributed by atoms with Crippen LogP contribution in [0.4, 0.5) is 5.69 Å². The van der Waals surface area contributed by atoms with E-state index in [0.29, 0.717) is 16.8 Å². The molecule has 1 aromatic rings. The summed E-state index contributed by atoms with van der Waals surface area (Å²) in [6.45, 7) is 5.02. The highest BCUT2D eigenvalue weighted by Crippen LogP contribution is 2.27. The molecular formula is C12H20N2O3S. The number of nitrogen functional groups attached to an aromatic ring is 1. The van der Waals surface area contributed by atoms with E-state index in [1.807, 2.05) is 0 Å². The standard InChI is InChI=1S/C12H20N2O3S/c1-8-5-6-11(13)10(3)12(8)18(16,17)14(4)7-9(2)15/h5-6,9,15H,7,13H2,1-4H3. The average Bonchev–Trinajstić information content (AvgIpc) is 2.22. The number of hydrogen-bond donors (Lipinski definition) is 2. The van der Waals surface area contributed by atoms with Crippen molar-refractivity contribution in [1.29, 1.82) is 0 Å². The van der Waals surface area contributed by atoms with Crippen LogP contribution in [-0.4, -0.2) is 37.5 Å². The molecule has 3 N–H and O–H groups in total. The Kier molecular flexibility index (Phi) is 4.37. The summed E-state index contributed by atoms with van der Waals surface area (Å²) >= 11 is 0. The molecule has 6 heteroatoms. The fourth-order valence-electron chi connectivity index (χ4n) is 1.87. The van der Waals surface area contributed by atoms with Crippen molar-refractivity contribution in [3.8, 4) is 0 Å². The Balaban J connectivity index is 3.33. The molecule has 0 aliphatic heterocycles. The van der Waals surface area contributed by atoms with Gasteiger partial charge in [0.15, 0.2) is 0 Å². The molecule has 1 aromatic carbocycles. The van der Waals surface area contributed by atoms with E-state index in [9.17, 15) is 13.5 Å². The van der Waals surface area contributed by atoms with Crippen molar-refractivity contribution in [2.24, 2.45) is 0 Å². The maximum Gasteiger partial charge on any atom is 0.243 e. The van der Waals surface area contributed by atoms with E-state index in [1.54, 1.807) is 32.9 Å². The lowest BCUT2D eigenvalue weighted by molar-refractivity contribution is 0.171. The number of aliphatic hydroxyl groups is 1. The second-order valence-electron chi connectivity index (χ2n) is 4.56. The van der Waals surface area contributed by atoms with Crippen LogP contribution in [0.3, 0.4) is 0 Å². The molecule has 18 heavy (non-hydrogen) atoms. The van der Waals surface area contributed by atoms with E-state index in [-0.39, 0.29) is 11.4 Å². The van der Waals surface area contributed by atoms with Gasteiger partial charge in [0.25, 0.3) is 0 Å². The van der Waals surface area contributed by atoms with Gasteiger partial charge >= 0.3 is 0 Å². The Labute approximate surface area is 108 Å². The Morgan fingerprint density at radius 3 is 2.44 bits per heavy atom. The van der Waals surface area contributed by atoms with Crippen molar-refractivity contribution in [2.45, 2.75) is 31.8 Å². The zero-order valence-electron chi connectivity index (χ0n) is 11.1. The fourth-order valence-corrected chi connectivity index (χ4v) is 3.57.